The molecule has 4 rings (SSSR count). The van der Waals surface area contributed by atoms with Gasteiger partial charge in [-0.15, -0.1) is 0 Å². The van der Waals surface area contributed by atoms with Gasteiger partial charge in [0.25, 0.3) is 0 Å². The first kappa shape index (κ1) is 16.9. The third-order valence-corrected chi connectivity index (χ3v) is 5.64. The Balaban J connectivity index is 1.51. The number of nitrogens with one attached hydrogen (secondary N) is 1. The van der Waals surface area contributed by atoms with E-state index in [1.54, 1.807) is 11.8 Å². The van der Waals surface area contributed by atoms with Gasteiger partial charge in [0.2, 0.25) is 0 Å². The highest BCUT2D eigenvalue weighted by Gasteiger charge is 2.42. The third kappa shape index (κ3) is 2.91. The maximum Gasteiger partial charge on any atom is 0.321 e. The standard InChI is InChI=1S/C19H24N4O3/c1-19(17(24)25)8-10-22(12-19)18(26)20-13-6-7-15-14(11-13)21-16-5-3-2-4-9-23(15)16/h6-7,11H,2-5,8-10,12H2,1H3,(H,20,26)(H,24,25). The summed E-state index contributed by atoms with van der Waals surface area (Å²) in [5, 5.41) is 12.2. The minimum atomic E-state index is -0.858. The van der Waals surface area contributed by atoms with Crippen molar-refractivity contribution in [2.75, 3.05) is 18.4 Å². The predicted molar refractivity (Wildman–Crippen MR) is 98.2 cm³/mol. The normalized spacial score (nSPS) is 22.9. The zero-order valence-corrected chi connectivity index (χ0v) is 15.0. The molecule has 1 atom stereocenters. The Kier molecular flexibility index (Phi) is 4.09. The Morgan fingerprint density at radius 2 is 2.08 bits per heavy atom. The lowest BCUT2D eigenvalue weighted by Gasteiger charge is -2.20. The van der Waals surface area contributed by atoms with Gasteiger partial charge in [-0.2, -0.15) is 0 Å². The number of carboxylic acid groups (broad SMARTS) is 1. The Labute approximate surface area is 152 Å². The van der Waals surface area contributed by atoms with Crippen LogP contribution in [0.15, 0.2) is 18.2 Å². The lowest BCUT2D eigenvalue weighted by Crippen LogP contribution is -2.37. The van der Waals surface area contributed by atoms with E-state index in [1.807, 2.05) is 18.2 Å². The molecule has 0 saturated carbocycles. The van der Waals surface area contributed by atoms with E-state index in [4.69, 9.17) is 4.98 Å². The van der Waals surface area contributed by atoms with Crippen molar-refractivity contribution in [3.8, 4) is 0 Å². The molecule has 2 amide bonds. The largest absolute Gasteiger partial charge is 0.481 e. The Morgan fingerprint density at radius 3 is 2.85 bits per heavy atom. The van der Waals surface area contributed by atoms with Crippen LogP contribution in [0.1, 0.15) is 38.4 Å². The predicted octanol–water partition coefficient (Wildman–Crippen LogP) is 3.09. The number of benzene rings is 1. The van der Waals surface area contributed by atoms with E-state index in [2.05, 4.69) is 9.88 Å². The monoisotopic (exact) mass is 356 g/mol. The van der Waals surface area contributed by atoms with E-state index in [-0.39, 0.29) is 12.6 Å². The van der Waals surface area contributed by atoms with Gasteiger partial charge in [-0.05, 0) is 44.4 Å². The second kappa shape index (κ2) is 6.30. The van der Waals surface area contributed by atoms with Gasteiger partial charge in [0.1, 0.15) is 5.82 Å². The van der Waals surface area contributed by atoms with Crippen LogP contribution in [0.2, 0.25) is 0 Å². The number of amides is 2. The van der Waals surface area contributed by atoms with Crippen LogP contribution in [-0.2, 0) is 17.8 Å². The quantitative estimate of drug-likeness (QED) is 0.865. The van der Waals surface area contributed by atoms with E-state index in [0.717, 1.165) is 29.8 Å². The first-order valence-electron chi connectivity index (χ1n) is 9.25. The number of carbonyl (C=O) groups is 2. The van der Waals surface area contributed by atoms with Crippen LogP contribution in [0.3, 0.4) is 0 Å². The number of hydrogen-bond donors (Lipinski definition) is 2. The fraction of sp³-hybridized carbons (Fsp3) is 0.526. The second-order valence-corrected chi connectivity index (χ2v) is 7.66. The summed E-state index contributed by atoms with van der Waals surface area (Å²) in [6, 6.07) is 5.56. The maximum absolute atomic E-state index is 12.5. The zero-order chi connectivity index (χ0) is 18.3. The Bertz CT molecular complexity index is 875. The molecule has 0 aliphatic carbocycles. The molecule has 7 heteroatoms. The Hall–Kier alpha value is -2.57. The van der Waals surface area contributed by atoms with Gasteiger partial charge in [-0.1, -0.05) is 6.42 Å². The molecular formula is C19H24N4O3. The van der Waals surface area contributed by atoms with Gasteiger partial charge in [0.15, 0.2) is 0 Å². The van der Waals surface area contributed by atoms with Crippen molar-refractivity contribution < 1.29 is 14.7 Å². The lowest BCUT2D eigenvalue weighted by atomic mass is 9.90. The molecule has 138 valence electrons. The fourth-order valence-electron chi connectivity index (χ4n) is 3.94. The van der Waals surface area contributed by atoms with Crippen LogP contribution in [0.5, 0.6) is 0 Å². The van der Waals surface area contributed by atoms with Gasteiger partial charge >= 0.3 is 12.0 Å². The van der Waals surface area contributed by atoms with Crippen LogP contribution < -0.4 is 5.32 Å². The average molecular weight is 356 g/mol. The number of aryl methyl sites for hydroxylation is 2. The molecule has 0 radical (unpaired) electrons. The Morgan fingerprint density at radius 1 is 1.23 bits per heavy atom. The molecule has 1 aromatic heterocycles. The molecule has 1 saturated heterocycles. The summed E-state index contributed by atoms with van der Waals surface area (Å²) in [6.07, 6.45) is 5.06. The number of aliphatic carboxylic acids is 1. The van der Waals surface area contributed by atoms with Crippen LogP contribution in [0.25, 0.3) is 11.0 Å². The molecule has 1 unspecified atom stereocenters. The van der Waals surface area contributed by atoms with E-state index in [9.17, 15) is 14.7 Å². The minimum Gasteiger partial charge on any atom is -0.481 e. The second-order valence-electron chi connectivity index (χ2n) is 7.66. The number of carboxylic acids is 1. The van der Waals surface area contributed by atoms with Gasteiger partial charge < -0.3 is 19.9 Å². The number of anilines is 1. The molecule has 7 nitrogen and oxygen atoms in total. The molecule has 1 aromatic carbocycles. The number of fused-ring (bicyclic) bond motifs is 3. The number of aromatic nitrogens is 2. The number of likely N-dealkylation sites (tertiary alicyclic amines) is 1. The van der Waals surface area contributed by atoms with Crippen molar-refractivity contribution >= 4 is 28.7 Å². The summed E-state index contributed by atoms with van der Waals surface area (Å²) >= 11 is 0. The summed E-state index contributed by atoms with van der Waals surface area (Å²) in [7, 11) is 0. The molecule has 3 heterocycles. The highest BCUT2D eigenvalue weighted by atomic mass is 16.4. The van der Waals surface area contributed by atoms with Gasteiger partial charge in [-0.3, -0.25) is 4.79 Å². The molecule has 26 heavy (non-hydrogen) atoms. The third-order valence-electron chi connectivity index (χ3n) is 5.64. The number of nitrogens with zero attached hydrogens (tertiary/aromatic N) is 3. The molecule has 2 aliphatic heterocycles. The van der Waals surface area contributed by atoms with Crippen molar-refractivity contribution in [3.05, 3.63) is 24.0 Å². The lowest BCUT2D eigenvalue weighted by molar-refractivity contribution is -0.146. The van der Waals surface area contributed by atoms with E-state index >= 15 is 0 Å². The van der Waals surface area contributed by atoms with E-state index in [0.29, 0.717) is 18.7 Å². The SMILES string of the molecule is CC1(C(=O)O)CCN(C(=O)Nc2ccc3c(c2)nc2n3CCCCC2)C1. The van der Waals surface area contributed by atoms with Crippen LogP contribution >= 0.6 is 0 Å². The average Bonchev–Trinajstić information content (AvgIpc) is 3.09. The molecule has 2 aromatic rings. The van der Waals surface area contributed by atoms with Crippen LogP contribution in [0.4, 0.5) is 10.5 Å². The van der Waals surface area contributed by atoms with Crippen molar-refractivity contribution in [3.63, 3.8) is 0 Å². The molecule has 2 N–H and O–H groups in total. The van der Waals surface area contributed by atoms with Crippen molar-refractivity contribution in [1.29, 1.82) is 0 Å². The smallest absolute Gasteiger partial charge is 0.321 e. The maximum atomic E-state index is 12.5. The number of imidazole rings is 1. The molecule has 1 fully saturated rings. The number of urea groups is 1. The molecule has 0 spiro atoms. The van der Waals surface area contributed by atoms with Crippen LogP contribution in [-0.4, -0.2) is 44.6 Å². The first-order chi connectivity index (χ1) is 12.5. The number of carbonyl (C=O) groups excluding carboxylic acids is 1. The van der Waals surface area contributed by atoms with E-state index < -0.39 is 11.4 Å². The minimum absolute atomic E-state index is 0.231. The van der Waals surface area contributed by atoms with Crippen molar-refractivity contribution in [1.82, 2.24) is 14.5 Å². The summed E-state index contributed by atoms with van der Waals surface area (Å²) in [6.45, 7) is 3.37. The van der Waals surface area contributed by atoms with E-state index in [1.165, 1.54) is 19.3 Å². The fourth-order valence-corrected chi connectivity index (χ4v) is 3.94. The topological polar surface area (TPSA) is 87.5 Å². The summed E-state index contributed by atoms with van der Waals surface area (Å²) in [4.78, 5) is 30.2. The highest BCUT2D eigenvalue weighted by molar-refractivity contribution is 5.93. The number of rotatable bonds is 2. The van der Waals surface area contributed by atoms with Crippen molar-refractivity contribution in [2.45, 2.75) is 45.6 Å². The van der Waals surface area contributed by atoms with Gasteiger partial charge in [0.05, 0.1) is 16.4 Å². The molecule has 2 aliphatic rings. The summed E-state index contributed by atoms with van der Waals surface area (Å²) < 4.78 is 2.28. The number of hydrogen-bond acceptors (Lipinski definition) is 3. The first-order valence-corrected chi connectivity index (χ1v) is 9.25. The van der Waals surface area contributed by atoms with Crippen LogP contribution in [0, 0.1) is 5.41 Å². The van der Waals surface area contributed by atoms with Crippen molar-refractivity contribution in [2.24, 2.45) is 5.41 Å². The molecule has 0 bridgehead atoms. The highest BCUT2D eigenvalue weighted by Crippen LogP contribution is 2.31. The summed E-state index contributed by atoms with van der Waals surface area (Å²) in [5.41, 5.74) is 1.85. The zero-order valence-electron chi connectivity index (χ0n) is 15.0. The molecular weight excluding hydrogens is 332 g/mol. The van der Waals surface area contributed by atoms with Gasteiger partial charge in [0, 0.05) is 31.7 Å². The summed E-state index contributed by atoms with van der Waals surface area (Å²) in [5.74, 6) is 0.270. The van der Waals surface area contributed by atoms with Gasteiger partial charge in [-0.25, -0.2) is 9.78 Å².